The van der Waals surface area contributed by atoms with Crippen LogP contribution in [0.4, 0.5) is 0 Å². The molecule has 3 nitrogen and oxygen atoms in total. The molecule has 0 atom stereocenters. The van der Waals surface area contributed by atoms with E-state index in [0.29, 0.717) is 5.88 Å². The Balaban J connectivity index is 2.17. The molecule has 0 bridgehead atoms. The molecule has 0 aliphatic heterocycles. The van der Waals surface area contributed by atoms with E-state index in [2.05, 4.69) is 16.5 Å². The third-order valence-electron chi connectivity index (χ3n) is 2.06. The van der Waals surface area contributed by atoms with Gasteiger partial charge in [0.1, 0.15) is 12.2 Å². The van der Waals surface area contributed by atoms with Crippen molar-refractivity contribution in [3.8, 4) is 0 Å². The third-order valence-corrected chi connectivity index (χ3v) is 3.00. The Morgan fingerprint density at radius 1 is 1.43 bits per heavy atom. The van der Waals surface area contributed by atoms with Crippen molar-refractivity contribution in [3.63, 3.8) is 0 Å². The lowest BCUT2D eigenvalue weighted by Gasteiger charge is -2.03. The molecule has 0 spiro atoms. The van der Waals surface area contributed by atoms with Gasteiger partial charge in [-0.1, -0.05) is 6.42 Å². The summed E-state index contributed by atoms with van der Waals surface area (Å²) >= 11 is 7.61. The zero-order valence-corrected chi connectivity index (χ0v) is 10.0. The SMILES string of the molecule is CSCCCCCn1cnnc1CCl. The molecule has 1 aromatic heterocycles. The van der Waals surface area contributed by atoms with Gasteiger partial charge in [0.25, 0.3) is 0 Å². The summed E-state index contributed by atoms with van der Waals surface area (Å²) in [6.45, 7) is 0.990. The van der Waals surface area contributed by atoms with E-state index in [0.717, 1.165) is 12.4 Å². The second-order valence-electron chi connectivity index (χ2n) is 3.13. The average Bonchev–Trinajstić information content (AvgIpc) is 2.65. The minimum absolute atomic E-state index is 0.449. The van der Waals surface area contributed by atoms with Crippen LogP contribution < -0.4 is 0 Å². The van der Waals surface area contributed by atoms with Crippen molar-refractivity contribution in [2.45, 2.75) is 31.7 Å². The second-order valence-corrected chi connectivity index (χ2v) is 4.38. The molecule has 0 fully saturated rings. The van der Waals surface area contributed by atoms with Gasteiger partial charge in [-0.2, -0.15) is 11.8 Å². The maximum Gasteiger partial charge on any atom is 0.147 e. The van der Waals surface area contributed by atoms with Crippen LogP contribution in [0.3, 0.4) is 0 Å². The number of rotatable bonds is 7. The largest absolute Gasteiger partial charge is 0.317 e. The molecule has 0 aliphatic rings. The molecular formula is C9H16ClN3S. The smallest absolute Gasteiger partial charge is 0.147 e. The van der Waals surface area contributed by atoms with Gasteiger partial charge in [0.2, 0.25) is 0 Å². The van der Waals surface area contributed by atoms with Crippen LogP contribution in [-0.4, -0.2) is 26.8 Å². The number of alkyl halides is 1. The van der Waals surface area contributed by atoms with E-state index >= 15 is 0 Å². The van der Waals surface area contributed by atoms with Crippen LogP contribution in [0.25, 0.3) is 0 Å². The number of nitrogens with zero attached hydrogens (tertiary/aromatic N) is 3. The molecule has 5 heteroatoms. The van der Waals surface area contributed by atoms with Gasteiger partial charge >= 0.3 is 0 Å². The zero-order chi connectivity index (χ0) is 10.2. The first-order valence-corrected chi connectivity index (χ1v) is 6.73. The number of unbranched alkanes of at least 4 members (excludes halogenated alkanes) is 2. The van der Waals surface area contributed by atoms with E-state index in [1.54, 1.807) is 6.33 Å². The van der Waals surface area contributed by atoms with Gasteiger partial charge in [-0.15, -0.1) is 21.8 Å². The summed E-state index contributed by atoms with van der Waals surface area (Å²) in [6.07, 6.45) is 7.64. The fourth-order valence-corrected chi connectivity index (χ4v) is 1.97. The van der Waals surface area contributed by atoms with Gasteiger partial charge in [-0.05, 0) is 24.9 Å². The Morgan fingerprint density at radius 2 is 2.29 bits per heavy atom. The monoisotopic (exact) mass is 233 g/mol. The second kappa shape index (κ2) is 7.12. The van der Waals surface area contributed by atoms with Gasteiger partial charge in [0.05, 0.1) is 5.88 Å². The number of thioether (sulfide) groups is 1. The van der Waals surface area contributed by atoms with Crippen LogP contribution in [0.5, 0.6) is 0 Å². The molecule has 80 valence electrons. The molecule has 14 heavy (non-hydrogen) atoms. The summed E-state index contributed by atoms with van der Waals surface area (Å²) in [5.74, 6) is 2.58. The van der Waals surface area contributed by atoms with E-state index in [9.17, 15) is 0 Å². The van der Waals surface area contributed by atoms with E-state index in [1.165, 1.54) is 25.0 Å². The first-order chi connectivity index (χ1) is 6.88. The normalized spacial score (nSPS) is 10.7. The topological polar surface area (TPSA) is 30.7 Å². The minimum atomic E-state index is 0.449. The van der Waals surface area contributed by atoms with E-state index in [4.69, 9.17) is 11.6 Å². The van der Waals surface area contributed by atoms with Crippen LogP contribution >= 0.6 is 23.4 Å². The molecule has 0 saturated heterocycles. The molecule has 0 amide bonds. The summed E-state index contributed by atoms with van der Waals surface area (Å²) in [6, 6.07) is 0. The third kappa shape index (κ3) is 3.88. The van der Waals surface area contributed by atoms with Crippen molar-refractivity contribution in [1.82, 2.24) is 14.8 Å². The lowest BCUT2D eigenvalue weighted by molar-refractivity contribution is 0.589. The lowest BCUT2D eigenvalue weighted by atomic mass is 10.2. The lowest BCUT2D eigenvalue weighted by Crippen LogP contribution is -2.01. The van der Waals surface area contributed by atoms with Gasteiger partial charge in [-0.3, -0.25) is 0 Å². The highest BCUT2D eigenvalue weighted by molar-refractivity contribution is 7.98. The van der Waals surface area contributed by atoms with Crippen LogP contribution in [0.2, 0.25) is 0 Å². The molecule has 0 radical (unpaired) electrons. The van der Waals surface area contributed by atoms with Crippen molar-refractivity contribution >= 4 is 23.4 Å². The fourth-order valence-electron chi connectivity index (χ4n) is 1.27. The molecule has 0 unspecified atom stereocenters. The van der Waals surface area contributed by atoms with Gasteiger partial charge in [0, 0.05) is 6.54 Å². The van der Waals surface area contributed by atoms with Gasteiger partial charge < -0.3 is 4.57 Å². The summed E-state index contributed by atoms with van der Waals surface area (Å²) < 4.78 is 2.03. The number of aryl methyl sites for hydroxylation is 1. The predicted molar refractivity (Wildman–Crippen MR) is 61.8 cm³/mol. The van der Waals surface area contributed by atoms with Crippen LogP contribution in [0.1, 0.15) is 25.1 Å². The highest BCUT2D eigenvalue weighted by Gasteiger charge is 2.01. The predicted octanol–water partition coefficient (Wildman–Crippen LogP) is 2.55. The Morgan fingerprint density at radius 3 is 3.00 bits per heavy atom. The Hall–Kier alpha value is -0.220. The maximum atomic E-state index is 5.71. The molecule has 0 saturated carbocycles. The first kappa shape index (κ1) is 11.9. The average molecular weight is 234 g/mol. The summed E-state index contributed by atoms with van der Waals surface area (Å²) in [4.78, 5) is 0. The highest BCUT2D eigenvalue weighted by Crippen LogP contribution is 2.06. The molecule has 1 aromatic rings. The quantitative estimate of drug-likeness (QED) is 0.536. The molecule has 0 aliphatic carbocycles. The fraction of sp³-hybridized carbons (Fsp3) is 0.778. The van der Waals surface area contributed by atoms with Crippen molar-refractivity contribution in [3.05, 3.63) is 12.2 Å². The van der Waals surface area contributed by atoms with E-state index in [1.807, 2.05) is 16.3 Å². The van der Waals surface area contributed by atoms with E-state index < -0.39 is 0 Å². The van der Waals surface area contributed by atoms with Crippen LogP contribution in [0.15, 0.2) is 6.33 Å². The highest BCUT2D eigenvalue weighted by atomic mass is 35.5. The number of hydrogen-bond acceptors (Lipinski definition) is 3. The standard InChI is InChI=1S/C9H16ClN3S/c1-14-6-4-2-3-5-13-8-11-12-9(13)7-10/h8H,2-7H2,1H3. The first-order valence-electron chi connectivity index (χ1n) is 4.80. The minimum Gasteiger partial charge on any atom is -0.317 e. The van der Waals surface area contributed by atoms with Crippen molar-refractivity contribution in [2.24, 2.45) is 0 Å². The summed E-state index contributed by atoms with van der Waals surface area (Å²) in [5, 5.41) is 7.76. The van der Waals surface area contributed by atoms with Crippen molar-refractivity contribution < 1.29 is 0 Å². The number of hydrogen-bond donors (Lipinski definition) is 0. The van der Waals surface area contributed by atoms with Gasteiger partial charge in [0.15, 0.2) is 0 Å². The van der Waals surface area contributed by atoms with Crippen molar-refractivity contribution in [1.29, 1.82) is 0 Å². The Labute approximate surface area is 94.2 Å². The molecular weight excluding hydrogens is 218 g/mol. The van der Waals surface area contributed by atoms with Crippen molar-refractivity contribution in [2.75, 3.05) is 12.0 Å². The van der Waals surface area contributed by atoms with Crippen LogP contribution in [-0.2, 0) is 12.4 Å². The van der Waals surface area contributed by atoms with Gasteiger partial charge in [-0.25, -0.2) is 0 Å². The summed E-state index contributed by atoms with van der Waals surface area (Å²) in [7, 11) is 0. The maximum absolute atomic E-state index is 5.71. The van der Waals surface area contributed by atoms with Crippen LogP contribution in [0, 0.1) is 0 Å². The number of halogens is 1. The Bertz CT molecular complexity index is 252. The van der Waals surface area contributed by atoms with E-state index in [-0.39, 0.29) is 0 Å². The molecule has 1 rings (SSSR count). The molecule has 1 heterocycles. The molecule has 0 N–H and O–H groups in total. The summed E-state index contributed by atoms with van der Waals surface area (Å²) in [5.41, 5.74) is 0. The molecule has 0 aromatic carbocycles. The Kier molecular flexibility index (Phi) is 6.03. The number of aromatic nitrogens is 3. The zero-order valence-electron chi connectivity index (χ0n) is 8.45.